The maximum Gasteiger partial charge on any atom is 0.223 e. The predicted octanol–water partition coefficient (Wildman–Crippen LogP) is 0.561. The van der Waals surface area contributed by atoms with Crippen molar-refractivity contribution in [1.82, 2.24) is 20.6 Å². The van der Waals surface area contributed by atoms with Crippen molar-refractivity contribution in [2.75, 3.05) is 31.1 Å². The molecule has 2 saturated heterocycles. The van der Waals surface area contributed by atoms with Crippen LogP contribution in [0.2, 0.25) is 0 Å². The third-order valence-corrected chi connectivity index (χ3v) is 4.38. The average Bonchev–Trinajstić information content (AvgIpc) is 2.57. The molecule has 1 aromatic heterocycles. The molecular formula is C15H23N5O. The molecule has 6 nitrogen and oxygen atoms in total. The Labute approximate surface area is 125 Å². The monoisotopic (exact) mass is 289 g/mol. The van der Waals surface area contributed by atoms with E-state index in [9.17, 15) is 4.79 Å². The number of rotatable bonds is 3. The van der Waals surface area contributed by atoms with Crippen molar-refractivity contribution < 1.29 is 4.79 Å². The number of nitrogens with zero attached hydrogens (tertiary/aromatic N) is 3. The van der Waals surface area contributed by atoms with Crippen LogP contribution in [0.4, 0.5) is 5.82 Å². The fourth-order valence-corrected chi connectivity index (χ4v) is 3.12. The summed E-state index contributed by atoms with van der Waals surface area (Å²) in [7, 11) is 0. The Morgan fingerprint density at radius 2 is 2.14 bits per heavy atom. The fraction of sp³-hybridized carbons (Fsp3) is 0.667. The first kappa shape index (κ1) is 14.3. The molecule has 114 valence electrons. The van der Waals surface area contributed by atoms with Gasteiger partial charge in [0.05, 0.1) is 6.20 Å². The van der Waals surface area contributed by atoms with Crippen molar-refractivity contribution in [2.24, 2.45) is 5.92 Å². The van der Waals surface area contributed by atoms with Crippen molar-refractivity contribution in [1.29, 1.82) is 0 Å². The van der Waals surface area contributed by atoms with E-state index < -0.39 is 0 Å². The van der Waals surface area contributed by atoms with E-state index in [4.69, 9.17) is 0 Å². The van der Waals surface area contributed by atoms with Crippen molar-refractivity contribution in [3.8, 4) is 0 Å². The van der Waals surface area contributed by atoms with E-state index >= 15 is 0 Å². The minimum atomic E-state index is 0.139. The van der Waals surface area contributed by atoms with Crippen LogP contribution in [0, 0.1) is 5.92 Å². The minimum Gasteiger partial charge on any atom is -0.355 e. The lowest BCUT2D eigenvalue weighted by atomic mass is 9.95. The Kier molecular flexibility index (Phi) is 4.65. The maximum atomic E-state index is 12.3. The third kappa shape index (κ3) is 3.69. The molecule has 2 aliphatic heterocycles. The molecule has 0 spiro atoms. The number of aromatic nitrogens is 2. The van der Waals surface area contributed by atoms with Crippen LogP contribution in [0.1, 0.15) is 25.7 Å². The molecule has 3 rings (SSSR count). The molecule has 2 N–H and O–H groups in total. The molecular weight excluding hydrogens is 266 g/mol. The largest absolute Gasteiger partial charge is 0.355 e. The smallest absolute Gasteiger partial charge is 0.223 e. The summed E-state index contributed by atoms with van der Waals surface area (Å²) in [4.78, 5) is 23.0. The van der Waals surface area contributed by atoms with E-state index in [-0.39, 0.29) is 11.8 Å². The number of carbonyl (C=O) groups excluding carboxylic acids is 1. The number of carbonyl (C=O) groups is 1. The van der Waals surface area contributed by atoms with Crippen LogP contribution in [0.5, 0.6) is 0 Å². The van der Waals surface area contributed by atoms with Crippen LogP contribution in [-0.2, 0) is 4.79 Å². The average molecular weight is 289 g/mol. The summed E-state index contributed by atoms with van der Waals surface area (Å²) in [6, 6.07) is 0.310. The van der Waals surface area contributed by atoms with E-state index in [1.807, 2.05) is 0 Å². The van der Waals surface area contributed by atoms with Gasteiger partial charge in [0.1, 0.15) is 5.82 Å². The molecule has 2 aliphatic rings. The Morgan fingerprint density at radius 3 is 2.81 bits per heavy atom. The minimum absolute atomic E-state index is 0.139. The van der Waals surface area contributed by atoms with Crippen molar-refractivity contribution >= 4 is 11.7 Å². The highest BCUT2D eigenvalue weighted by Crippen LogP contribution is 2.21. The molecule has 2 fully saturated rings. The molecule has 1 atom stereocenters. The first-order valence-electron chi connectivity index (χ1n) is 7.85. The van der Waals surface area contributed by atoms with Gasteiger partial charge in [0.2, 0.25) is 5.91 Å². The molecule has 1 aromatic rings. The molecule has 1 amide bonds. The lowest BCUT2D eigenvalue weighted by molar-refractivity contribution is -0.126. The first-order valence-corrected chi connectivity index (χ1v) is 7.85. The zero-order valence-electron chi connectivity index (χ0n) is 12.3. The second kappa shape index (κ2) is 6.85. The number of nitrogens with one attached hydrogen (secondary N) is 2. The lowest BCUT2D eigenvalue weighted by Gasteiger charge is -2.33. The highest BCUT2D eigenvalue weighted by atomic mass is 16.2. The van der Waals surface area contributed by atoms with Gasteiger partial charge in [-0.2, -0.15) is 0 Å². The SMILES string of the molecule is O=C(NC1CCCNC1)C1CCN(c2cnccn2)CC1. The zero-order chi connectivity index (χ0) is 14.5. The third-order valence-electron chi connectivity index (χ3n) is 4.38. The second-order valence-electron chi connectivity index (χ2n) is 5.88. The van der Waals surface area contributed by atoms with E-state index in [1.54, 1.807) is 18.6 Å². The second-order valence-corrected chi connectivity index (χ2v) is 5.88. The summed E-state index contributed by atoms with van der Waals surface area (Å²) in [6.07, 6.45) is 9.21. The summed E-state index contributed by atoms with van der Waals surface area (Å²) in [5, 5.41) is 6.53. The van der Waals surface area contributed by atoms with E-state index in [0.29, 0.717) is 6.04 Å². The molecule has 0 aromatic carbocycles. The van der Waals surface area contributed by atoms with Gasteiger partial charge in [-0.15, -0.1) is 0 Å². The van der Waals surface area contributed by atoms with Gasteiger partial charge in [0, 0.05) is 44.0 Å². The summed E-state index contributed by atoms with van der Waals surface area (Å²) in [5.41, 5.74) is 0. The Balaban J connectivity index is 1.47. The highest BCUT2D eigenvalue weighted by Gasteiger charge is 2.27. The summed E-state index contributed by atoms with van der Waals surface area (Å²) >= 11 is 0. The van der Waals surface area contributed by atoms with E-state index in [1.165, 1.54) is 0 Å². The van der Waals surface area contributed by atoms with Crippen molar-refractivity contribution in [2.45, 2.75) is 31.7 Å². The molecule has 6 heteroatoms. The van der Waals surface area contributed by atoms with Crippen molar-refractivity contribution in [3.05, 3.63) is 18.6 Å². The Morgan fingerprint density at radius 1 is 1.29 bits per heavy atom. The molecule has 0 bridgehead atoms. The number of hydrogen-bond acceptors (Lipinski definition) is 5. The quantitative estimate of drug-likeness (QED) is 0.851. The van der Waals surface area contributed by atoms with Gasteiger partial charge in [0.15, 0.2) is 0 Å². The van der Waals surface area contributed by atoms with Gasteiger partial charge in [-0.1, -0.05) is 0 Å². The molecule has 0 aliphatic carbocycles. The number of amides is 1. The normalized spacial score (nSPS) is 23.8. The molecule has 1 unspecified atom stereocenters. The topological polar surface area (TPSA) is 70.2 Å². The maximum absolute atomic E-state index is 12.3. The van der Waals surface area contributed by atoms with Crippen LogP contribution in [0.15, 0.2) is 18.6 Å². The summed E-state index contributed by atoms with van der Waals surface area (Å²) in [5.74, 6) is 1.27. The van der Waals surface area contributed by atoms with Gasteiger partial charge in [-0.05, 0) is 32.2 Å². The van der Waals surface area contributed by atoms with Gasteiger partial charge < -0.3 is 15.5 Å². The van der Waals surface area contributed by atoms with Gasteiger partial charge in [0.25, 0.3) is 0 Å². The van der Waals surface area contributed by atoms with Gasteiger partial charge in [-0.3, -0.25) is 9.78 Å². The summed E-state index contributed by atoms with van der Waals surface area (Å²) in [6.45, 7) is 3.73. The van der Waals surface area contributed by atoms with Crippen LogP contribution in [-0.4, -0.2) is 48.1 Å². The van der Waals surface area contributed by atoms with E-state index in [2.05, 4.69) is 25.5 Å². The molecule has 21 heavy (non-hydrogen) atoms. The van der Waals surface area contributed by atoms with E-state index in [0.717, 1.165) is 57.7 Å². The summed E-state index contributed by atoms with van der Waals surface area (Å²) < 4.78 is 0. The Hall–Kier alpha value is -1.69. The van der Waals surface area contributed by atoms with Crippen molar-refractivity contribution in [3.63, 3.8) is 0 Å². The zero-order valence-corrected chi connectivity index (χ0v) is 12.3. The molecule has 0 saturated carbocycles. The standard InChI is InChI=1S/C15H23N5O/c21-15(19-13-2-1-5-16-10-13)12-3-8-20(9-4-12)14-11-17-6-7-18-14/h6-7,11-13,16H,1-5,8-10H2,(H,19,21). The lowest BCUT2D eigenvalue weighted by Crippen LogP contribution is -2.49. The van der Waals surface area contributed by atoms with Crippen LogP contribution in [0.3, 0.4) is 0 Å². The van der Waals surface area contributed by atoms with Gasteiger partial charge in [-0.25, -0.2) is 4.98 Å². The first-order chi connectivity index (χ1) is 10.3. The predicted molar refractivity (Wildman–Crippen MR) is 81.0 cm³/mol. The fourth-order valence-electron chi connectivity index (χ4n) is 3.12. The van der Waals surface area contributed by atoms with Gasteiger partial charge >= 0.3 is 0 Å². The molecule has 0 radical (unpaired) electrons. The van der Waals surface area contributed by atoms with Crippen LogP contribution in [0.25, 0.3) is 0 Å². The number of anilines is 1. The Bertz CT molecular complexity index is 452. The number of hydrogen-bond donors (Lipinski definition) is 2. The number of piperidine rings is 2. The molecule has 3 heterocycles. The van der Waals surface area contributed by atoms with Crippen LogP contribution < -0.4 is 15.5 Å². The highest BCUT2D eigenvalue weighted by molar-refractivity contribution is 5.79. The van der Waals surface area contributed by atoms with Crippen LogP contribution >= 0.6 is 0 Å².